The monoisotopic (exact) mass is 320 g/mol. The van der Waals surface area contributed by atoms with Crippen molar-refractivity contribution in [2.45, 2.75) is 58.6 Å². The third-order valence-corrected chi connectivity index (χ3v) is 5.95. The molecule has 0 radical (unpaired) electrons. The number of hydrogen-bond donors (Lipinski definition) is 0. The molecule has 0 aliphatic carbocycles. The maximum atomic E-state index is 6.04. The summed E-state index contributed by atoms with van der Waals surface area (Å²) in [4.78, 5) is 0. The largest absolute Gasteiger partial charge is 0.501 e. The quantitative estimate of drug-likeness (QED) is 0.264. The van der Waals surface area contributed by atoms with Crippen molar-refractivity contribution in [2.75, 3.05) is 39.6 Å². The highest BCUT2D eigenvalue weighted by Gasteiger charge is 2.40. The van der Waals surface area contributed by atoms with Crippen LogP contribution in [0.5, 0.6) is 0 Å². The molecule has 1 atom stereocenters. The fourth-order valence-corrected chi connectivity index (χ4v) is 4.69. The molecule has 0 aromatic carbocycles. The summed E-state index contributed by atoms with van der Waals surface area (Å²) >= 11 is 0. The molecule has 0 bridgehead atoms. The lowest BCUT2D eigenvalue weighted by Crippen LogP contribution is -2.46. The second kappa shape index (κ2) is 11.6. The number of ether oxygens (including phenoxy) is 2. The van der Waals surface area contributed by atoms with E-state index in [0.29, 0.717) is 32.5 Å². The lowest BCUT2D eigenvalue weighted by molar-refractivity contribution is 0.0542. The van der Waals surface area contributed by atoms with Crippen LogP contribution < -0.4 is 0 Å². The predicted molar refractivity (Wildman–Crippen MR) is 84.5 cm³/mol. The van der Waals surface area contributed by atoms with Gasteiger partial charge in [-0.15, -0.1) is 0 Å². The molecule has 1 heterocycles. The molecule has 0 aromatic heterocycles. The number of epoxide rings is 1. The van der Waals surface area contributed by atoms with Crippen LogP contribution in [0, 0.1) is 0 Å². The van der Waals surface area contributed by atoms with Gasteiger partial charge >= 0.3 is 8.80 Å². The summed E-state index contributed by atoms with van der Waals surface area (Å²) in [5, 5.41) is 0. The van der Waals surface area contributed by atoms with E-state index in [0.717, 1.165) is 44.9 Å². The van der Waals surface area contributed by atoms with Crippen molar-refractivity contribution in [3.8, 4) is 0 Å². The van der Waals surface area contributed by atoms with E-state index in [1.54, 1.807) is 0 Å². The van der Waals surface area contributed by atoms with Gasteiger partial charge in [-0.1, -0.05) is 20.8 Å². The summed E-state index contributed by atoms with van der Waals surface area (Å²) in [5.74, 6) is 0. The first-order chi connectivity index (χ1) is 10.3. The van der Waals surface area contributed by atoms with E-state index in [1.807, 2.05) is 0 Å². The van der Waals surface area contributed by atoms with Crippen molar-refractivity contribution in [1.82, 2.24) is 0 Å². The van der Waals surface area contributed by atoms with Crippen LogP contribution >= 0.6 is 0 Å². The van der Waals surface area contributed by atoms with Crippen molar-refractivity contribution in [3.63, 3.8) is 0 Å². The topological polar surface area (TPSA) is 49.5 Å². The minimum Gasteiger partial charge on any atom is -0.379 e. The Hall–Kier alpha value is 0.0169. The molecular weight excluding hydrogens is 288 g/mol. The zero-order chi connectivity index (χ0) is 15.4. The molecule has 0 aromatic rings. The molecule has 1 saturated heterocycles. The van der Waals surface area contributed by atoms with Gasteiger partial charge in [-0.2, -0.15) is 0 Å². The third-order valence-electron chi connectivity index (χ3n) is 3.06. The first-order valence-electron chi connectivity index (χ1n) is 8.37. The molecule has 1 aliphatic heterocycles. The fourth-order valence-electron chi connectivity index (χ4n) is 1.88. The molecular formula is C15H32O5Si. The Morgan fingerprint density at radius 2 is 1.43 bits per heavy atom. The zero-order valence-corrected chi connectivity index (χ0v) is 14.9. The van der Waals surface area contributed by atoms with Gasteiger partial charge in [0.15, 0.2) is 0 Å². The van der Waals surface area contributed by atoms with E-state index in [4.69, 9.17) is 22.8 Å². The first-order valence-corrected chi connectivity index (χ1v) is 10.3. The standard InChI is InChI=1S/C15H32O5Si/c1-4-8-18-21(19-9-5-2,20-10-6-3)12-7-11-16-13-15-14-17-15/h15H,4-14H2,1-3H3. The highest BCUT2D eigenvalue weighted by molar-refractivity contribution is 6.60. The highest BCUT2D eigenvalue weighted by Crippen LogP contribution is 2.20. The van der Waals surface area contributed by atoms with Crippen molar-refractivity contribution in [1.29, 1.82) is 0 Å². The Kier molecular flexibility index (Phi) is 10.5. The molecule has 0 amide bonds. The van der Waals surface area contributed by atoms with Gasteiger partial charge in [0.2, 0.25) is 0 Å². The van der Waals surface area contributed by atoms with Crippen molar-refractivity contribution >= 4 is 8.80 Å². The molecule has 126 valence electrons. The maximum Gasteiger partial charge on any atom is 0.501 e. The van der Waals surface area contributed by atoms with Gasteiger partial charge < -0.3 is 22.8 Å². The van der Waals surface area contributed by atoms with Crippen LogP contribution in [0.25, 0.3) is 0 Å². The van der Waals surface area contributed by atoms with E-state index >= 15 is 0 Å². The van der Waals surface area contributed by atoms with E-state index in [1.165, 1.54) is 0 Å². The van der Waals surface area contributed by atoms with Crippen LogP contribution in [0.4, 0.5) is 0 Å². The molecule has 0 spiro atoms. The second-order valence-electron chi connectivity index (χ2n) is 5.36. The minimum atomic E-state index is -2.53. The fraction of sp³-hybridized carbons (Fsp3) is 1.00. The molecule has 0 saturated carbocycles. The van der Waals surface area contributed by atoms with Crippen LogP contribution in [0.1, 0.15) is 46.5 Å². The van der Waals surface area contributed by atoms with E-state index < -0.39 is 8.80 Å². The van der Waals surface area contributed by atoms with Gasteiger partial charge in [-0.25, -0.2) is 0 Å². The smallest absolute Gasteiger partial charge is 0.379 e. The average Bonchev–Trinajstić information content (AvgIpc) is 3.32. The molecule has 1 fully saturated rings. The van der Waals surface area contributed by atoms with Gasteiger partial charge in [0, 0.05) is 32.5 Å². The Labute approximate surface area is 130 Å². The van der Waals surface area contributed by atoms with Gasteiger partial charge in [0.05, 0.1) is 13.2 Å². The highest BCUT2D eigenvalue weighted by atomic mass is 28.4. The van der Waals surface area contributed by atoms with Crippen LogP contribution in [-0.4, -0.2) is 54.5 Å². The van der Waals surface area contributed by atoms with Crippen molar-refractivity contribution in [2.24, 2.45) is 0 Å². The number of hydrogen-bond acceptors (Lipinski definition) is 5. The molecule has 1 unspecified atom stereocenters. The lowest BCUT2D eigenvalue weighted by atomic mass is 10.5. The normalized spacial score (nSPS) is 18.1. The van der Waals surface area contributed by atoms with Crippen LogP contribution in [-0.2, 0) is 22.8 Å². The molecule has 1 rings (SSSR count). The Morgan fingerprint density at radius 3 is 1.86 bits per heavy atom. The van der Waals surface area contributed by atoms with Crippen LogP contribution in [0.2, 0.25) is 6.04 Å². The Balaban J connectivity index is 2.35. The summed E-state index contributed by atoms with van der Waals surface area (Å²) in [7, 11) is -2.53. The van der Waals surface area contributed by atoms with E-state index in [2.05, 4.69) is 20.8 Å². The zero-order valence-electron chi connectivity index (χ0n) is 13.9. The van der Waals surface area contributed by atoms with Gasteiger partial charge in [-0.3, -0.25) is 0 Å². The second-order valence-corrected chi connectivity index (χ2v) is 8.09. The Bertz CT molecular complexity index is 226. The van der Waals surface area contributed by atoms with E-state index in [9.17, 15) is 0 Å². The van der Waals surface area contributed by atoms with Crippen molar-refractivity contribution in [3.05, 3.63) is 0 Å². The third kappa shape index (κ3) is 8.90. The summed E-state index contributed by atoms with van der Waals surface area (Å²) in [6.07, 6.45) is 4.19. The SMILES string of the molecule is CCCO[Si](CCCOCC1CO1)(OCCC)OCCC. The summed E-state index contributed by atoms with van der Waals surface area (Å²) in [6, 6.07) is 0.832. The summed E-state index contributed by atoms with van der Waals surface area (Å²) in [6.45, 7) is 10.7. The molecule has 5 nitrogen and oxygen atoms in total. The lowest BCUT2D eigenvalue weighted by Gasteiger charge is -2.29. The molecule has 1 aliphatic rings. The summed E-state index contributed by atoms with van der Waals surface area (Å²) in [5.41, 5.74) is 0. The molecule has 0 N–H and O–H groups in total. The van der Waals surface area contributed by atoms with Crippen molar-refractivity contribution < 1.29 is 22.8 Å². The van der Waals surface area contributed by atoms with Crippen LogP contribution in [0.3, 0.4) is 0 Å². The summed E-state index contributed by atoms with van der Waals surface area (Å²) < 4.78 is 28.8. The van der Waals surface area contributed by atoms with Gasteiger partial charge in [0.25, 0.3) is 0 Å². The number of rotatable bonds is 15. The minimum absolute atomic E-state index is 0.330. The van der Waals surface area contributed by atoms with Gasteiger partial charge in [-0.05, 0) is 25.7 Å². The average molecular weight is 321 g/mol. The molecule has 6 heteroatoms. The Morgan fingerprint density at radius 1 is 0.905 bits per heavy atom. The maximum absolute atomic E-state index is 6.04. The van der Waals surface area contributed by atoms with Crippen LogP contribution in [0.15, 0.2) is 0 Å². The van der Waals surface area contributed by atoms with Gasteiger partial charge in [0.1, 0.15) is 6.10 Å². The predicted octanol–water partition coefficient (Wildman–Crippen LogP) is 3.01. The van der Waals surface area contributed by atoms with E-state index in [-0.39, 0.29) is 0 Å². The first kappa shape index (κ1) is 19.1. The molecule has 21 heavy (non-hydrogen) atoms.